The van der Waals surface area contributed by atoms with Crippen LogP contribution < -0.4 is 0 Å². The molecule has 0 saturated heterocycles. The van der Waals surface area contributed by atoms with E-state index in [4.69, 9.17) is 4.55 Å². The monoisotopic (exact) mass is 234 g/mol. The van der Waals surface area contributed by atoms with Crippen molar-refractivity contribution in [3.8, 4) is 0 Å². The van der Waals surface area contributed by atoms with E-state index in [2.05, 4.69) is 0 Å². The van der Waals surface area contributed by atoms with Crippen LogP contribution in [0.3, 0.4) is 0 Å². The first-order valence-corrected chi connectivity index (χ1v) is 6.46. The van der Waals surface area contributed by atoms with Crippen molar-refractivity contribution in [2.45, 2.75) is 10.3 Å². The van der Waals surface area contributed by atoms with Gasteiger partial charge in [0.05, 0.1) is 0 Å². The number of hydrogen-bond acceptors (Lipinski definition) is 4. The molecule has 0 aliphatic carbocycles. The molecule has 0 fully saturated rings. The van der Waals surface area contributed by atoms with Crippen LogP contribution in [-0.2, 0) is 10.1 Å². The minimum atomic E-state index is -4.43. The summed E-state index contributed by atoms with van der Waals surface area (Å²) in [6.07, 6.45) is 1.88. The van der Waals surface area contributed by atoms with E-state index in [1.165, 1.54) is 23.9 Å². The van der Waals surface area contributed by atoms with E-state index in [0.717, 1.165) is 4.90 Å². The molecule has 0 spiro atoms. The molecule has 0 bridgehead atoms. The molecule has 4 nitrogen and oxygen atoms in total. The fraction of sp³-hybridized carbons (Fsp3) is 0.250. The smallest absolute Gasteiger partial charge is 0.296 e. The molecule has 78 valence electrons. The highest BCUT2D eigenvalue weighted by molar-refractivity contribution is 7.98. The molecule has 1 aromatic carbocycles. The van der Waals surface area contributed by atoms with Gasteiger partial charge in [-0.05, 0) is 24.0 Å². The zero-order valence-electron chi connectivity index (χ0n) is 7.41. The van der Waals surface area contributed by atoms with Crippen molar-refractivity contribution in [1.29, 1.82) is 0 Å². The second kappa shape index (κ2) is 4.31. The Bertz CT molecular complexity index is 396. The summed E-state index contributed by atoms with van der Waals surface area (Å²) in [6, 6.07) is 6.28. The van der Waals surface area contributed by atoms with Gasteiger partial charge in [0.25, 0.3) is 10.1 Å². The van der Waals surface area contributed by atoms with Crippen molar-refractivity contribution in [3.05, 3.63) is 29.8 Å². The molecule has 0 amide bonds. The minimum Gasteiger partial charge on any atom is -0.371 e. The Balaban J connectivity index is 2.98. The summed E-state index contributed by atoms with van der Waals surface area (Å²) in [5.74, 6) is 0. The Hall–Kier alpha value is -0.560. The number of hydrogen-bond donors (Lipinski definition) is 2. The van der Waals surface area contributed by atoms with E-state index in [1.54, 1.807) is 12.1 Å². The Morgan fingerprint density at radius 2 is 1.79 bits per heavy atom. The highest BCUT2D eigenvalue weighted by Crippen LogP contribution is 2.21. The Morgan fingerprint density at radius 1 is 1.29 bits per heavy atom. The number of benzene rings is 1. The van der Waals surface area contributed by atoms with Gasteiger partial charge in [-0.3, -0.25) is 4.55 Å². The summed E-state index contributed by atoms with van der Waals surface area (Å²) in [5, 5.41) is 9.18. The third-order valence-electron chi connectivity index (χ3n) is 1.68. The summed E-state index contributed by atoms with van der Waals surface area (Å²) < 4.78 is 29.8. The van der Waals surface area contributed by atoms with E-state index in [-0.39, 0.29) is 5.56 Å². The lowest BCUT2D eigenvalue weighted by Gasteiger charge is -2.07. The van der Waals surface area contributed by atoms with Crippen LogP contribution in [0.2, 0.25) is 0 Å². The van der Waals surface area contributed by atoms with Crippen LogP contribution in [0.15, 0.2) is 29.2 Å². The third kappa shape index (κ3) is 2.71. The third-order valence-corrected chi connectivity index (χ3v) is 3.26. The maximum atomic E-state index is 10.6. The molecule has 14 heavy (non-hydrogen) atoms. The van der Waals surface area contributed by atoms with Crippen molar-refractivity contribution in [3.63, 3.8) is 0 Å². The molecule has 1 rings (SSSR count). The molecule has 0 aliphatic heterocycles. The lowest BCUT2D eigenvalue weighted by atomic mass is 10.2. The van der Waals surface area contributed by atoms with E-state index in [1.807, 2.05) is 6.26 Å². The average molecular weight is 234 g/mol. The molecule has 0 aromatic heterocycles. The highest BCUT2D eigenvalue weighted by Gasteiger charge is 2.21. The molecule has 0 heterocycles. The van der Waals surface area contributed by atoms with Gasteiger partial charge in [-0.1, -0.05) is 12.1 Å². The van der Waals surface area contributed by atoms with Crippen LogP contribution in [0, 0.1) is 0 Å². The number of aliphatic hydroxyl groups is 1. The fourth-order valence-corrected chi connectivity index (χ4v) is 1.85. The van der Waals surface area contributed by atoms with Crippen LogP contribution in [0.1, 0.15) is 11.0 Å². The van der Waals surface area contributed by atoms with Gasteiger partial charge in [-0.15, -0.1) is 11.8 Å². The van der Waals surface area contributed by atoms with Crippen molar-refractivity contribution >= 4 is 21.9 Å². The molecule has 6 heteroatoms. The Labute approximate surface area is 86.7 Å². The summed E-state index contributed by atoms with van der Waals surface area (Å²) >= 11 is 1.50. The van der Waals surface area contributed by atoms with E-state index in [9.17, 15) is 13.5 Å². The zero-order valence-corrected chi connectivity index (χ0v) is 9.05. The summed E-state index contributed by atoms with van der Waals surface area (Å²) in [7, 11) is -4.43. The second-order valence-corrected chi connectivity index (χ2v) is 5.00. The molecule has 0 aliphatic rings. The Kier molecular flexibility index (Phi) is 3.54. The Morgan fingerprint density at radius 3 is 2.14 bits per heavy atom. The van der Waals surface area contributed by atoms with Crippen LogP contribution >= 0.6 is 11.8 Å². The van der Waals surface area contributed by atoms with E-state index < -0.39 is 15.6 Å². The summed E-state index contributed by atoms with van der Waals surface area (Å²) in [6.45, 7) is 0. The van der Waals surface area contributed by atoms with Crippen molar-refractivity contribution in [2.75, 3.05) is 6.26 Å². The van der Waals surface area contributed by atoms with Gasteiger partial charge in [0.15, 0.2) is 0 Å². The van der Waals surface area contributed by atoms with E-state index >= 15 is 0 Å². The largest absolute Gasteiger partial charge is 0.371 e. The topological polar surface area (TPSA) is 74.6 Å². The molecule has 1 unspecified atom stereocenters. The maximum absolute atomic E-state index is 10.6. The van der Waals surface area contributed by atoms with Crippen LogP contribution in [0.25, 0.3) is 0 Å². The number of aliphatic hydroxyl groups excluding tert-OH is 1. The molecular formula is C8H10O4S2. The fourth-order valence-electron chi connectivity index (χ4n) is 0.941. The predicted octanol–water partition coefficient (Wildman–Crippen LogP) is 1.29. The van der Waals surface area contributed by atoms with Crippen LogP contribution in [-0.4, -0.2) is 24.3 Å². The molecule has 0 saturated carbocycles. The van der Waals surface area contributed by atoms with E-state index in [0.29, 0.717) is 0 Å². The van der Waals surface area contributed by atoms with Gasteiger partial charge in [-0.25, -0.2) is 0 Å². The van der Waals surface area contributed by atoms with Gasteiger partial charge in [-0.2, -0.15) is 8.42 Å². The normalized spacial score (nSPS) is 13.9. The van der Waals surface area contributed by atoms with Crippen molar-refractivity contribution < 1.29 is 18.1 Å². The van der Waals surface area contributed by atoms with Crippen LogP contribution in [0.5, 0.6) is 0 Å². The lowest BCUT2D eigenvalue weighted by Crippen LogP contribution is -2.10. The summed E-state index contributed by atoms with van der Waals surface area (Å²) in [5.41, 5.74) is -1.70. The first-order valence-electron chi connectivity index (χ1n) is 3.73. The van der Waals surface area contributed by atoms with Gasteiger partial charge >= 0.3 is 0 Å². The minimum absolute atomic E-state index is 0.158. The standard InChI is InChI=1S/C8H10O4S2/c1-13-7-4-2-6(3-5-7)8(9)14(10,11)12/h2-5,8-9H,1H3,(H,10,11,12). The number of thioether (sulfide) groups is 1. The highest BCUT2D eigenvalue weighted by atomic mass is 32.2. The van der Waals surface area contributed by atoms with Crippen LogP contribution in [0.4, 0.5) is 0 Å². The maximum Gasteiger partial charge on any atom is 0.296 e. The lowest BCUT2D eigenvalue weighted by molar-refractivity contribution is 0.238. The molecule has 1 aromatic rings. The van der Waals surface area contributed by atoms with Crippen molar-refractivity contribution in [1.82, 2.24) is 0 Å². The SMILES string of the molecule is CSc1ccc(C(O)S(=O)(=O)O)cc1. The van der Waals surface area contributed by atoms with Gasteiger partial charge in [0, 0.05) is 4.90 Å². The molecular weight excluding hydrogens is 224 g/mol. The second-order valence-electron chi connectivity index (χ2n) is 2.64. The molecule has 2 N–H and O–H groups in total. The first-order chi connectivity index (χ1) is 6.45. The summed E-state index contributed by atoms with van der Waals surface area (Å²) in [4.78, 5) is 0.955. The molecule has 0 radical (unpaired) electrons. The zero-order chi connectivity index (χ0) is 10.8. The first kappa shape index (κ1) is 11.5. The molecule has 1 atom stereocenters. The van der Waals surface area contributed by atoms with Gasteiger partial charge < -0.3 is 5.11 Å². The van der Waals surface area contributed by atoms with Gasteiger partial charge in [0.2, 0.25) is 5.44 Å². The van der Waals surface area contributed by atoms with Gasteiger partial charge in [0.1, 0.15) is 0 Å². The number of rotatable bonds is 3. The predicted molar refractivity (Wildman–Crippen MR) is 54.7 cm³/mol. The average Bonchev–Trinajstić information content (AvgIpc) is 2.15. The quantitative estimate of drug-likeness (QED) is 0.609. The van der Waals surface area contributed by atoms with Crippen molar-refractivity contribution in [2.24, 2.45) is 0 Å².